The third-order valence-electron chi connectivity index (χ3n) is 5.21. The Balaban J connectivity index is 1.58. The van der Waals surface area contributed by atoms with E-state index in [4.69, 9.17) is 20.2 Å². The number of nitrogens with zero attached hydrogens (tertiary/aromatic N) is 2. The van der Waals surface area contributed by atoms with E-state index in [0.717, 1.165) is 34.7 Å². The van der Waals surface area contributed by atoms with Crippen molar-refractivity contribution in [2.24, 2.45) is 0 Å². The van der Waals surface area contributed by atoms with Gasteiger partial charge in [0.1, 0.15) is 5.82 Å². The summed E-state index contributed by atoms with van der Waals surface area (Å²) in [6.45, 7) is 2.02. The Morgan fingerprint density at radius 2 is 1.93 bits per heavy atom. The highest BCUT2D eigenvalue weighted by molar-refractivity contribution is 5.58. The number of nitrogen functional groups attached to an aromatic ring is 1. The van der Waals surface area contributed by atoms with Crippen molar-refractivity contribution in [3.8, 4) is 22.9 Å². The highest BCUT2D eigenvalue weighted by atomic mass is 16.5. The minimum Gasteiger partial charge on any atom is -0.493 e. The normalized spacial score (nSPS) is 13.7. The zero-order valence-electron chi connectivity index (χ0n) is 16.6. The number of benzene rings is 2. The number of hydrogen-bond donors (Lipinski definition) is 2. The van der Waals surface area contributed by atoms with E-state index in [9.17, 15) is 4.79 Å². The molecule has 3 N–H and O–H groups in total. The van der Waals surface area contributed by atoms with Gasteiger partial charge in [0.15, 0.2) is 11.5 Å². The second-order valence-corrected chi connectivity index (χ2v) is 7.08. The number of fused-ring (bicyclic) bond motifs is 1. The first-order valence-electron chi connectivity index (χ1n) is 9.49. The summed E-state index contributed by atoms with van der Waals surface area (Å²) in [5.41, 5.74) is 9.78. The minimum atomic E-state index is -0.0934. The van der Waals surface area contributed by atoms with Crippen LogP contribution in [0.25, 0.3) is 11.4 Å². The molecule has 150 valence electrons. The van der Waals surface area contributed by atoms with Crippen LogP contribution in [0.15, 0.2) is 47.3 Å². The molecule has 0 fully saturated rings. The van der Waals surface area contributed by atoms with Gasteiger partial charge in [-0.15, -0.1) is 0 Å². The quantitative estimate of drug-likeness (QED) is 0.649. The van der Waals surface area contributed by atoms with Crippen LogP contribution in [0.1, 0.15) is 16.8 Å². The number of anilines is 1. The summed E-state index contributed by atoms with van der Waals surface area (Å²) in [5, 5.41) is 0. The molecule has 0 atom stereocenters. The third kappa shape index (κ3) is 3.82. The van der Waals surface area contributed by atoms with E-state index < -0.39 is 0 Å². The smallest absolute Gasteiger partial charge is 0.255 e. The molecule has 0 saturated heterocycles. The number of ether oxygens (including phenoxy) is 2. The molecule has 1 aliphatic rings. The van der Waals surface area contributed by atoms with Crippen molar-refractivity contribution in [2.45, 2.75) is 19.5 Å². The monoisotopic (exact) mass is 392 g/mol. The fourth-order valence-electron chi connectivity index (χ4n) is 3.71. The second-order valence-electron chi connectivity index (χ2n) is 7.08. The standard InChI is InChI=1S/C22H24N4O3/c1-28-19-5-3-4-15(20(19)29-2)12-26-11-10-18-17(13-26)22(27)25-21(24-18)14-6-8-16(23)9-7-14/h3-9H,10-13,23H2,1-2H3,(H,24,25,27). The molecule has 0 aliphatic carbocycles. The maximum atomic E-state index is 12.8. The van der Waals surface area contributed by atoms with Gasteiger partial charge in [-0.25, -0.2) is 4.98 Å². The van der Waals surface area contributed by atoms with Gasteiger partial charge in [-0.1, -0.05) is 12.1 Å². The highest BCUT2D eigenvalue weighted by Gasteiger charge is 2.23. The predicted octanol–water partition coefficient (Wildman–Crippen LogP) is 2.59. The molecule has 29 heavy (non-hydrogen) atoms. The molecule has 0 radical (unpaired) electrons. The number of aromatic amines is 1. The Labute approximate surface area is 169 Å². The Bertz CT molecular complexity index is 1080. The molecule has 0 spiro atoms. The first kappa shape index (κ1) is 19.0. The maximum Gasteiger partial charge on any atom is 0.255 e. The molecule has 0 bridgehead atoms. The molecule has 2 heterocycles. The largest absolute Gasteiger partial charge is 0.493 e. The minimum absolute atomic E-state index is 0.0934. The van der Waals surface area contributed by atoms with E-state index >= 15 is 0 Å². The van der Waals surface area contributed by atoms with Gasteiger partial charge in [-0.2, -0.15) is 0 Å². The van der Waals surface area contributed by atoms with Crippen molar-refractivity contribution in [3.63, 3.8) is 0 Å². The number of nitrogens with two attached hydrogens (primary N) is 1. The maximum absolute atomic E-state index is 12.8. The van der Waals surface area contributed by atoms with E-state index in [1.54, 1.807) is 26.4 Å². The summed E-state index contributed by atoms with van der Waals surface area (Å²) in [4.78, 5) is 22.6. The van der Waals surface area contributed by atoms with Gasteiger partial charge in [-0.3, -0.25) is 9.69 Å². The number of rotatable bonds is 5. The van der Waals surface area contributed by atoms with Gasteiger partial charge < -0.3 is 20.2 Å². The van der Waals surface area contributed by atoms with Crippen molar-refractivity contribution in [2.75, 3.05) is 26.5 Å². The lowest BCUT2D eigenvalue weighted by Crippen LogP contribution is -2.35. The first-order valence-corrected chi connectivity index (χ1v) is 9.49. The van der Waals surface area contributed by atoms with Gasteiger partial charge in [0, 0.05) is 42.9 Å². The molecule has 1 aliphatic heterocycles. The Morgan fingerprint density at radius 3 is 2.66 bits per heavy atom. The molecule has 0 amide bonds. The van der Waals surface area contributed by atoms with Crippen LogP contribution in [0.3, 0.4) is 0 Å². The SMILES string of the molecule is COc1cccc(CN2CCc3nc(-c4ccc(N)cc4)[nH]c(=O)c3C2)c1OC. The first-order chi connectivity index (χ1) is 14.1. The van der Waals surface area contributed by atoms with Crippen LogP contribution in [0, 0.1) is 0 Å². The molecule has 4 rings (SSSR count). The third-order valence-corrected chi connectivity index (χ3v) is 5.21. The van der Waals surface area contributed by atoms with Gasteiger partial charge in [-0.05, 0) is 30.3 Å². The molecule has 7 nitrogen and oxygen atoms in total. The number of methoxy groups -OCH3 is 2. The molecule has 1 aromatic heterocycles. The van der Waals surface area contributed by atoms with Crippen LogP contribution in [-0.4, -0.2) is 35.6 Å². The van der Waals surface area contributed by atoms with Crippen LogP contribution >= 0.6 is 0 Å². The number of nitrogens with one attached hydrogen (secondary N) is 1. The van der Waals surface area contributed by atoms with E-state index in [-0.39, 0.29) is 5.56 Å². The van der Waals surface area contributed by atoms with Crippen molar-refractivity contribution >= 4 is 5.69 Å². The van der Waals surface area contributed by atoms with E-state index in [2.05, 4.69) is 9.88 Å². The highest BCUT2D eigenvalue weighted by Crippen LogP contribution is 2.32. The Morgan fingerprint density at radius 1 is 1.14 bits per heavy atom. The Hall–Kier alpha value is -3.32. The molecular weight excluding hydrogens is 368 g/mol. The predicted molar refractivity (Wildman–Crippen MR) is 112 cm³/mol. The lowest BCUT2D eigenvalue weighted by atomic mass is 10.0. The summed E-state index contributed by atoms with van der Waals surface area (Å²) in [7, 11) is 3.27. The number of H-pyrrole nitrogens is 1. The summed E-state index contributed by atoms with van der Waals surface area (Å²) in [6, 6.07) is 13.2. The Kier molecular flexibility index (Phi) is 5.22. The van der Waals surface area contributed by atoms with Gasteiger partial charge in [0.2, 0.25) is 0 Å². The number of hydrogen-bond acceptors (Lipinski definition) is 6. The van der Waals surface area contributed by atoms with Crippen molar-refractivity contribution in [1.82, 2.24) is 14.9 Å². The molecular formula is C22H24N4O3. The van der Waals surface area contributed by atoms with E-state index in [1.807, 2.05) is 30.3 Å². The van der Waals surface area contributed by atoms with E-state index in [1.165, 1.54) is 0 Å². The van der Waals surface area contributed by atoms with Gasteiger partial charge in [0.25, 0.3) is 5.56 Å². The fraction of sp³-hybridized carbons (Fsp3) is 0.273. The lowest BCUT2D eigenvalue weighted by molar-refractivity contribution is 0.237. The van der Waals surface area contributed by atoms with Gasteiger partial charge >= 0.3 is 0 Å². The van der Waals surface area contributed by atoms with Crippen molar-refractivity contribution in [3.05, 3.63) is 69.6 Å². The van der Waals surface area contributed by atoms with Crippen molar-refractivity contribution in [1.29, 1.82) is 0 Å². The fourth-order valence-corrected chi connectivity index (χ4v) is 3.71. The van der Waals surface area contributed by atoms with Crippen LogP contribution in [0.2, 0.25) is 0 Å². The average Bonchev–Trinajstić information content (AvgIpc) is 2.74. The average molecular weight is 392 g/mol. The van der Waals surface area contributed by atoms with E-state index in [0.29, 0.717) is 36.8 Å². The lowest BCUT2D eigenvalue weighted by Gasteiger charge is -2.28. The topological polar surface area (TPSA) is 93.5 Å². The van der Waals surface area contributed by atoms with Crippen LogP contribution in [-0.2, 0) is 19.5 Å². The van der Waals surface area contributed by atoms with Crippen molar-refractivity contribution < 1.29 is 9.47 Å². The summed E-state index contributed by atoms with van der Waals surface area (Å²) in [6.07, 6.45) is 0.716. The number of aromatic nitrogens is 2. The summed E-state index contributed by atoms with van der Waals surface area (Å²) >= 11 is 0. The summed E-state index contributed by atoms with van der Waals surface area (Å²) in [5.74, 6) is 2.01. The van der Waals surface area contributed by atoms with Gasteiger partial charge in [0.05, 0.1) is 25.5 Å². The molecule has 7 heteroatoms. The molecule has 3 aromatic rings. The molecule has 0 unspecified atom stereocenters. The number of para-hydroxylation sites is 1. The molecule has 0 saturated carbocycles. The van der Waals surface area contributed by atoms with Crippen LogP contribution in [0.4, 0.5) is 5.69 Å². The second kappa shape index (κ2) is 7.97. The zero-order valence-corrected chi connectivity index (χ0v) is 16.6. The summed E-state index contributed by atoms with van der Waals surface area (Å²) < 4.78 is 10.9. The van der Waals surface area contributed by atoms with Crippen LogP contribution in [0.5, 0.6) is 11.5 Å². The zero-order chi connectivity index (χ0) is 20.4. The van der Waals surface area contributed by atoms with Crippen LogP contribution < -0.4 is 20.8 Å². The molecule has 2 aromatic carbocycles.